The minimum Gasteiger partial charge on any atom is -0.396 e. The lowest BCUT2D eigenvalue weighted by Gasteiger charge is -2.12. The predicted octanol–water partition coefficient (Wildman–Crippen LogP) is 1.77. The lowest BCUT2D eigenvalue weighted by molar-refractivity contribution is 0.207. The summed E-state index contributed by atoms with van der Waals surface area (Å²) >= 11 is 0. The van der Waals surface area contributed by atoms with Gasteiger partial charge < -0.3 is 10.4 Å². The van der Waals surface area contributed by atoms with Crippen molar-refractivity contribution in [3.63, 3.8) is 0 Å². The highest BCUT2D eigenvalue weighted by Gasteiger charge is 2.41. The fourth-order valence-electron chi connectivity index (χ4n) is 2.44. The zero-order chi connectivity index (χ0) is 13.2. The SMILES string of the molecule is CCCn1nc(C)c(CNCC2(CO)CC2)c1C. The molecule has 1 aliphatic rings. The first-order chi connectivity index (χ1) is 8.62. The summed E-state index contributed by atoms with van der Waals surface area (Å²) in [6.07, 6.45) is 3.43. The molecule has 1 heterocycles. The second kappa shape index (κ2) is 5.41. The van der Waals surface area contributed by atoms with Gasteiger partial charge in [0, 0.05) is 42.9 Å². The van der Waals surface area contributed by atoms with Gasteiger partial charge in [-0.15, -0.1) is 0 Å². The molecule has 0 aromatic carbocycles. The van der Waals surface area contributed by atoms with Gasteiger partial charge in [-0.25, -0.2) is 0 Å². The Bertz CT molecular complexity index is 407. The Hall–Kier alpha value is -0.870. The van der Waals surface area contributed by atoms with Crippen molar-refractivity contribution >= 4 is 0 Å². The minimum absolute atomic E-state index is 0.182. The van der Waals surface area contributed by atoms with E-state index in [-0.39, 0.29) is 5.41 Å². The molecule has 18 heavy (non-hydrogen) atoms. The molecule has 0 saturated heterocycles. The van der Waals surface area contributed by atoms with E-state index in [1.54, 1.807) is 0 Å². The first-order valence-electron chi connectivity index (χ1n) is 6.96. The highest BCUT2D eigenvalue weighted by molar-refractivity contribution is 5.24. The largest absolute Gasteiger partial charge is 0.396 e. The number of aliphatic hydroxyl groups is 1. The monoisotopic (exact) mass is 251 g/mol. The molecule has 0 radical (unpaired) electrons. The maximum Gasteiger partial charge on any atom is 0.0641 e. The van der Waals surface area contributed by atoms with Gasteiger partial charge in [0.1, 0.15) is 0 Å². The van der Waals surface area contributed by atoms with E-state index in [1.807, 2.05) is 0 Å². The van der Waals surface area contributed by atoms with Crippen molar-refractivity contribution in [1.82, 2.24) is 15.1 Å². The quantitative estimate of drug-likeness (QED) is 0.776. The van der Waals surface area contributed by atoms with E-state index >= 15 is 0 Å². The van der Waals surface area contributed by atoms with Crippen LogP contribution < -0.4 is 5.32 Å². The average Bonchev–Trinajstić information content (AvgIpc) is 3.08. The summed E-state index contributed by atoms with van der Waals surface area (Å²) in [5.74, 6) is 0. The summed E-state index contributed by atoms with van der Waals surface area (Å²) in [6.45, 7) is 9.48. The number of aliphatic hydroxyl groups excluding tert-OH is 1. The summed E-state index contributed by atoms with van der Waals surface area (Å²) in [4.78, 5) is 0. The number of rotatable bonds is 7. The van der Waals surface area contributed by atoms with Gasteiger partial charge in [0.25, 0.3) is 0 Å². The van der Waals surface area contributed by atoms with Gasteiger partial charge in [-0.05, 0) is 33.1 Å². The molecule has 0 amide bonds. The number of nitrogens with zero attached hydrogens (tertiary/aromatic N) is 2. The molecule has 2 rings (SSSR count). The Morgan fingerprint density at radius 1 is 1.39 bits per heavy atom. The van der Waals surface area contributed by atoms with Crippen LogP contribution >= 0.6 is 0 Å². The average molecular weight is 251 g/mol. The van der Waals surface area contributed by atoms with E-state index in [1.165, 1.54) is 11.3 Å². The zero-order valence-electron chi connectivity index (χ0n) is 11.8. The minimum atomic E-state index is 0.182. The third-order valence-corrected chi connectivity index (χ3v) is 4.06. The van der Waals surface area contributed by atoms with Gasteiger partial charge in [-0.1, -0.05) is 6.92 Å². The van der Waals surface area contributed by atoms with Gasteiger partial charge in [-0.3, -0.25) is 4.68 Å². The van der Waals surface area contributed by atoms with Crippen molar-refractivity contribution in [2.75, 3.05) is 13.2 Å². The fourth-order valence-corrected chi connectivity index (χ4v) is 2.44. The summed E-state index contributed by atoms with van der Waals surface area (Å²) in [5.41, 5.74) is 3.90. The lowest BCUT2D eigenvalue weighted by atomic mass is 10.1. The standard InChI is InChI=1S/C14H25N3O/c1-4-7-17-12(3)13(11(2)16-17)8-15-9-14(10-18)5-6-14/h15,18H,4-10H2,1-3H3. The van der Waals surface area contributed by atoms with Crippen LogP contribution in [0.5, 0.6) is 0 Å². The molecule has 2 N–H and O–H groups in total. The fraction of sp³-hybridized carbons (Fsp3) is 0.786. The van der Waals surface area contributed by atoms with Crippen LogP contribution in [0.25, 0.3) is 0 Å². The molecule has 0 aliphatic heterocycles. The number of hydrogen-bond acceptors (Lipinski definition) is 3. The maximum absolute atomic E-state index is 9.28. The molecule has 1 saturated carbocycles. The molecule has 4 heteroatoms. The Balaban J connectivity index is 1.92. The van der Waals surface area contributed by atoms with E-state index in [0.29, 0.717) is 6.61 Å². The molecule has 1 aromatic heterocycles. The third-order valence-electron chi connectivity index (χ3n) is 4.06. The van der Waals surface area contributed by atoms with Crippen molar-refractivity contribution < 1.29 is 5.11 Å². The van der Waals surface area contributed by atoms with Crippen LogP contribution in [0.2, 0.25) is 0 Å². The number of aryl methyl sites for hydroxylation is 2. The van der Waals surface area contributed by atoms with Gasteiger partial charge in [0.05, 0.1) is 5.69 Å². The summed E-state index contributed by atoms with van der Waals surface area (Å²) < 4.78 is 2.10. The second-order valence-corrected chi connectivity index (χ2v) is 5.63. The van der Waals surface area contributed by atoms with Gasteiger partial charge in [0.2, 0.25) is 0 Å². The molecule has 0 atom stereocenters. The molecule has 0 spiro atoms. The van der Waals surface area contributed by atoms with E-state index in [2.05, 4.69) is 35.9 Å². The van der Waals surface area contributed by atoms with Crippen molar-refractivity contribution in [1.29, 1.82) is 0 Å². The van der Waals surface area contributed by atoms with Crippen molar-refractivity contribution in [2.24, 2.45) is 5.41 Å². The Kier molecular flexibility index (Phi) is 4.07. The van der Waals surface area contributed by atoms with Crippen molar-refractivity contribution in [2.45, 2.75) is 53.1 Å². The molecule has 4 nitrogen and oxygen atoms in total. The van der Waals surface area contributed by atoms with Crippen LogP contribution in [-0.2, 0) is 13.1 Å². The van der Waals surface area contributed by atoms with Gasteiger partial charge in [0.15, 0.2) is 0 Å². The summed E-state index contributed by atoms with van der Waals surface area (Å²) in [7, 11) is 0. The zero-order valence-corrected chi connectivity index (χ0v) is 11.8. The van der Waals surface area contributed by atoms with Crippen LogP contribution in [-0.4, -0.2) is 28.0 Å². The first-order valence-corrected chi connectivity index (χ1v) is 6.96. The van der Waals surface area contributed by atoms with Crippen LogP contribution in [0.15, 0.2) is 0 Å². The smallest absolute Gasteiger partial charge is 0.0641 e. The third kappa shape index (κ3) is 2.75. The molecule has 0 bridgehead atoms. The number of aromatic nitrogens is 2. The maximum atomic E-state index is 9.28. The molecule has 1 fully saturated rings. The normalized spacial score (nSPS) is 17.1. The van der Waals surface area contributed by atoms with Crippen LogP contribution in [0.4, 0.5) is 0 Å². The summed E-state index contributed by atoms with van der Waals surface area (Å²) in [5, 5.41) is 17.3. The molecular formula is C14H25N3O. The van der Waals surface area contributed by atoms with E-state index in [0.717, 1.165) is 44.6 Å². The molecule has 1 aliphatic carbocycles. The molecule has 102 valence electrons. The van der Waals surface area contributed by atoms with Crippen LogP contribution in [0, 0.1) is 19.3 Å². The van der Waals surface area contributed by atoms with Crippen LogP contribution in [0.3, 0.4) is 0 Å². The molecular weight excluding hydrogens is 226 g/mol. The van der Waals surface area contributed by atoms with E-state index < -0.39 is 0 Å². The van der Waals surface area contributed by atoms with Gasteiger partial charge >= 0.3 is 0 Å². The highest BCUT2D eigenvalue weighted by Crippen LogP contribution is 2.44. The van der Waals surface area contributed by atoms with E-state index in [4.69, 9.17) is 0 Å². The molecule has 1 aromatic rings. The van der Waals surface area contributed by atoms with Crippen molar-refractivity contribution in [3.05, 3.63) is 17.0 Å². The Morgan fingerprint density at radius 2 is 2.11 bits per heavy atom. The summed E-state index contributed by atoms with van der Waals surface area (Å²) in [6, 6.07) is 0. The molecule has 0 unspecified atom stereocenters. The topological polar surface area (TPSA) is 50.1 Å². The predicted molar refractivity (Wildman–Crippen MR) is 72.5 cm³/mol. The first kappa shape index (κ1) is 13.6. The second-order valence-electron chi connectivity index (χ2n) is 5.63. The Morgan fingerprint density at radius 3 is 2.67 bits per heavy atom. The highest BCUT2D eigenvalue weighted by atomic mass is 16.3. The van der Waals surface area contributed by atoms with Gasteiger partial charge in [-0.2, -0.15) is 5.10 Å². The lowest BCUT2D eigenvalue weighted by Crippen LogP contribution is -2.26. The Labute approximate surface area is 109 Å². The number of nitrogens with one attached hydrogen (secondary N) is 1. The van der Waals surface area contributed by atoms with Crippen LogP contribution in [0.1, 0.15) is 43.1 Å². The van der Waals surface area contributed by atoms with Crippen molar-refractivity contribution in [3.8, 4) is 0 Å². The number of hydrogen-bond donors (Lipinski definition) is 2. The van der Waals surface area contributed by atoms with E-state index in [9.17, 15) is 5.11 Å².